The van der Waals surface area contributed by atoms with Gasteiger partial charge in [-0.1, -0.05) is 69.6 Å². The van der Waals surface area contributed by atoms with Crippen LogP contribution in [0.3, 0.4) is 0 Å². The lowest BCUT2D eigenvalue weighted by molar-refractivity contribution is 0.217. The summed E-state index contributed by atoms with van der Waals surface area (Å²) in [5.41, 5.74) is 0. The van der Waals surface area contributed by atoms with Crippen molar-refractivity contribution in [3.8, 4) is 11.8 Å². The predicted molar refractivity (Wildman–Crippen MR) is 96.6 cm³/mol. The maximum atomic E-state index is 9.68. The zero-order valence-corrected chi connectivity index (χ0v) is 14.6. The molecule has 1 N–H and O–H groups in total. The van der Waals surface area contributed by atoms with E-state index in [4.69, 9.17) is 0 Å². The molecule has 3 unspecified atom stereocenters. The molecule has 0 bridgehead atoms. The van der Waals surface area contributed by atoms with Crippen LogP contribution in [-0.2, 0) is 0 Å². The van der Waals surface area contributed by atoms with Crippen LogP contribution in [0.25, 0.3) is 0 Å². The predicted octanol–water partition coefficient (Wildman–Crippen LogP) is 5.65. The Balaban J connectivity index is 2.04. The molecule has 0 saturated heterocycles. The molecule has 3 atom stereocenters. The lowest BCUT2D eigenvalue weighted by Gasteiger charge is -2.00. The molecule has 0 aromatic carbocycles. The van der Waals surface area contributed by atoms with Gasteiger partial charge < -0.3 is 5.11 Å². The third kappa shape index (κ3) is 9.85. The molecule has 1 heteroatoms. The molecule has 1 fully saturated rings. The Labute approximate surface area is 137 Å². The molecule has 1 saturated carbocycles. The van der Waals surface area contributed by atoms with Crippen LogP contribution in [0.15, 0.2) is 24.3 Å². The van der Waals surface area contributed by atoms with E-state index in [2.05, 4.69) is 43.9 Å². The van der Waals surface area contributed by atoms with Crippen molar-refractivity contribution in [2.75, 3.05) is 0 Å². The molecule has 0 aromatic rings. The van der Waals surface area contributed by atoms with Crippen LogP contribution in [0.4, 0.5) is 0 Å². The summed E-state index contributed by atoms with van der Waals surface area (Å²) in [5, 5.41) is 9.68. The number of rotatable bonds is 11. The molecule has 0 spiro atoms. The van der Waals surface area contributed by atoms with Gasteiger partial charge in [0.1, 0.15) is 6.10 Å². The van der Waals surface area contributed by atoms with E-state index in [0.717, 1.165) is 31.1 Å². The quantitative estimate of drug-likeness (QED) is 0.297. The fourth-order valence-corrected chi connectivity index (χ4v) is 2.70. The molecule has 0 radical (unpaired) electrons. The molecule has 124 valence electrons. The highest BCUT2D eigenvalue weighted by Crippen LogP contribution is 2.44. The van der Waals surface area contributed by atoms with Crippen molar-refractivity contribution in [3.63, 3.8) is 0 Å². The maximum Gasteiger partial charge on any atom is 0.115 e. The summed E-state index contributed by atoms with van der Waals surface area (Å²) >= 11 is 0. The Hall–Kier alpha value is -1.00. The van der Waals surface area contributed by atoms with E-state index in [9.17, 15) is 5.11 Å². The van der Waals surface area contributed by atoms with Crippen LogP contribution in [0.1, 0.15) is 78.1 Å². The van der Waals surface area contributed by atoms with Crippen LogP contribution in [0.5, 0.6) is 0 Å². The van der Waals surface area contributed by atoms with Gasteiger partial charge in [-0.25, -0.2) is 0 Å². The Morgan fingerprint density at radius 2 is 1.73 bits per heavy atom. The first kappa shape index (κ1) is 19.0. The zero-order chi connectivity index (χ0) is 16.0. The normalized spacial score (nSPS) is 22.0. The van der Waals surface area contributed by atoms with Crippen LogP contribution in [-0.4, -0.2) is 11.2 Å². The topological polar surface area (TPSA) is 20.2 Å². The monoisotopic (exact) mass is 302 g/mol. The second-order valence-electron chi connectivity index (χ2n) is 6.54. The average Bonchev–Trinajstić information content (AvgIpc) is 3.25. The smallest absolute Gasteiger partial charge is 0.115 e. The lowest BCUT2D eigenvalue weighted by atomic mass is 10.1. The van der Waals surface area contributed by atoms with Crippen LogP contribution >= 0.6 is 0 Å². The Bertz CT molecular complexity index is 382. The minimum atomic E-state index is -0.446. The molecule has 0 aliphatic heterocycles. The number of aliphatic hydroxyl groups excluding tert-OH is 1. The summed E-state index contributed by atoms with van der Waals surface area (Å²) in [6.07, 6.45) is 20.3. The highest BCUT2D eigenvalue weighted by Gasteiger charge is 2.34. The number of unbranched alkanes of at least 4 members (excludes halogenated alkanes) is 4. The van der Waals surface area contributed by atoms with Crippen LogP contribution < -0.4 is 0 Å². The largest absolute Gasteiger partial charge is 0.380 e. The van der Waals surface area contributed by atoms with E-state index >= 15 is 0 Å². The second kappa shape index (κ2) is 12.5. The van der Waals surface area contributed by atoms with Crippen molar-refractivity contribution in [1.29, 1.82) is 0 Å². The Morgan fingerprint density at radius 3 is 2.45 bits per heavy atom. The minimum Gasteiger partial charge on any atom is -0.380 e. The summed E-state index contributed by atoms with van der Waals surface area (Å²) in [5.74, 6) is 7.65. The van der Waals surface area contributed by atoms with Gasteiger partial charge in [0.2, 0.25) is 0 Å². The van der Waals surface area contributed by atoms with Gasteiger partial charge >= 0.3 is 0 Å². The third-order valence-corrected chi connectivity index (χ3v) is 4.37. The van der Waals surface area contributed by atoms with Gasteiger partial charge in [0.25, 0.3) is 0 Å². The molecule has 1 aliphatic carbocycles. The van der Waals surface area contributed by atoms with Gasteiger partial charge in [0, 0.05) is 0 Å². The van der Waals surface area contributed by atoms with Crippen LogP contribution in [0, 0.1) is 23.7 Å². The fraction of sp³-hybridized carbons (Fsp3) is 0.714. The summed E-state index contributed by atoms with van der Waals surface area (Å²) in [7, 11) is 0. The van der Waals surface area contributed by atoms with Crippen molar-refractivity contribution in [2.24, 2.45) is 11.8 Å². The summed E-state index contributed by atoms with van der Waals surface area (Å²) < 4.78 is 0. The first-order valence-corrected chi connectivity index (χ1v) is 9.27. The van der Waals surface area contributed by atoms with E-state index in [1.807, 2.05) is 6.08 Å². The molecule has 0 heterocycles. The molecular weight excluding hydrogens is 268 g/mol. The van der Waals surface area contributed by atoms with Crippen molar-refractivity contribution < 1.29 is 5.11 Å². The molecule has 0 aromatic heterocycles. The van der Waals surface area contributed by atoms with E-state index < -0.39 is 6.10 Å². The molecule has 22 heavy (non-hydrogen) atoms. The SMILES string of the molecule is CCCC/C=C/CC1CC1C/C=C/C#CC(O)CCCCC. The molecule has 0 amide bonds. The highest BCUT2D eigenvalue weighted by atomic mass is 16.3. The van der Waals surface area contributed by atoms with E-state index in [1.54, 1.807) is 0 Å². The molecule has 1 nitrogen and oxygen atoms in total. The van der Waals surface area contributed by atoms with Crippen LogP contribution in [0.2, 0.25) is 0 Å². The number of hydrogen-bond acceptors (Lipinski definition) is 1. The lowest BCUT2D eigenvalue weighted by Crippen LogP contribution is -2.01. The molecule has 1 rings (SSSR count). The van der Waals surface area contributed by atoms with Crippen molar-refractivity contribution in [1.82, 2.24) is 0 Å². The van der Waals surface area contributed by atoms with Crippen molar-refractivity contribution in [3.05, 3.63) is 24.3 Å². The molecule has 1 aliphatic rings. The number of allylic oxidation sites excluding steroid dienone is 4. The van der Waals surface area contributed by atoms with Gasteiger partial charge in [0.15, 0.2) is 0 Å². The Kier molecular flexibility index (Phi) is 10.9. The zero-order valence-electron chi connectivity index (χ0n) is 14.6. The van der Waals surface area contributed by atoms with Gasteiger partial charge in [0.05, 0.1) is 0 Å². The van der Waals surface area contributed by atoms with Gasteiger partial charge in [-0.2, -0.15) is 0 Å². The van der Waals surface area contributed by atoms with E-state index in [0.29, 0.717) is 0 Å². The van der Waals surface area contributed by atoms with Gasteiger partial charge in [-0.3, -0.25) is 0 Å². The number of aliphatic hydroxyl groups is 1. The van der Waals surface area contributed by atoms with Crippen molar-refractivity contribution in [2.45, 2.75) is 84.2 Å². The molecular formula is C21H34O. The van der Waals surface area contributed by atoms with E-state index in [-0.39, 0.29) is 0 Å². The third-order valence-electron chi connectivity index (χ3n) is 4.37. The highest BCUT2D eigenvalue weighted by molar-refractivity contribution is 5.18. The minimum absolute atomic E-state index is 0.446. The first-order chi connectivity index (χ1) is 10.8. The van der Waals surface area contributed by atoms with E-state index in [1.165, 1.54) is 44.9 Å². The fourth-order valence-electron chi connectivity index (χ4n) is 2.70. The Morgan fingerprint density at radius 1 is 1.00 bits per heavy atom. The van der Waals surface area contributed by atoms with Crippen molar-refractivity contribution >= 4 is 0 Å². The summed E-state index contributed by atoms with van der Waals surface area (Å²) in [6, 6.07) is 0. The van der Waals surface area contributed by atoms with Gasteiger partial charge in [-0.15, -0.1) is 0 Å². The number of hydrogen-bond donors (Lipinski definition) is 1. The van der Waals surface area contributed by atoms with Gasteiger partial charge in [-0.05, 0) is 56.4 Å². The maximum absolute atomic E-state index is 9.68. The summed E-state index contributed by atoms with van der Waals surface area (Å²) in [6.45, 7) is 4.41. The average molecular weight is 303 g/mol. The second-order valence-corrected chi connectivity index (χ2v) is 6.54. The standard InChI is InChI=1S/C21H34O/c1-3-5-7-8-11-14-19-18-20(19)15-12-9-13-17-21(22)16-10-6-4-2/h8-9,11-12,19-22H,3-7,10,14-16,18H2,1-2H3/b11-8+,12-9+. The first-order valence-electron chi connectivity index (χ1n) is 9.27. The summed E-state index contributed by atoms with van der Waals surface area (Å²) in [4.78, 5) is 0.